The van der Waals surface area contributed by atoms with Crippen molar-refractivity contribution in [1.29, 1.82) is 0 Å². The Labute approximate surface area is 107 Å². The average Bonchev–Trinajstić information content (AvgIpc) is 2.87. The topological polar surface area (TPSA) is 38.1 Å². The van der Waals surface area contributed by atoms with Crippen LogP contribution in [0.1, 0.15) is 37.1 Å². The fourth-order valence-corrected chi connectivity index (χ4v) is 2.35. The first kappa shape index (κ1) is 12.4. The number of hydrogen-bond donors (Lipinski definition) is 0. The van der Waals surface area contributed by atoms with Crippen LogP contribution in [-0.2, 0) is 11.3 Å². The molecule has 0 aromatic carbocycles. The van der Waals surface area contributed by atoms with Gasteiger partial charge in [-0.25, -0.2) is 0 Å². The van der Waals surface area contributed by atoms with Gasteiger partial charge in [-0.1, -0.05) is 0 Å². The second-order valence-electron chi connectivity index (χ2n) is 4.38. The van der Waals surface area contributed by atoms with Crippen molar-refractivity contribution in [1.82, 2.24) is 14.7 Å². The SMILES string of the molecule is CCn1cc(C(Cl)C(=O)N2CCCCC2)cn1. The lowest BCUT2D eigenvalue weighted by Gasteiger charge is -2.28. The first-order chi connectivity index (χ1) is 8.22. The zero-order valence-corrected chi connectivity index (χ0v) is 10.9. The van der Waals surface area contributed by atoms with Crippen LogP contribution in [0.3, 0.4) is 0 Å². The number of carbonyl (C=O) groups is 1. The molecule has 1 fully saturated rings. The predicted molar refractivity (Wildman–Crippen MR) is 66.9 cm³/mol. The third kappa shape index (κ3) is 2.80. The Balaban J connectivity index is 2.02. The fourth-order valence-electron chi connectivity index (χ4n) is 2.10. The van der Waals surface area contributed by atoms with Gasteiger partial charge in [-0.15, -0.1) is 11.6 Å². The molecular weight excluding hydrogens is 238 g/mol. The highest BCUT2D eigenvalue weighted by Gasteiger charge is 2.25. The van der Waals surface area contributed by atoms with E-state index < -0.39 is 5.38 Å². The van der Waals surface area contributed by atoms with E-state index in [1.54, 1.807) is 10.9 Å². The first-order valence-electron chi connectivity index (χ1n) is 6.17. The zero-order valence-electron chi connectivity index (χ0n) is 10.1. The number of alkyl halides is 1. The molecule has 0 radical (unpaired) electrons. The van der Waals surface area contributed by atoms with Crippen LogP contribution in [0, 0.1) is 0 Å². The molecule has 2 heterocycles. The number of halogens is 1. The van der Waals surface area contributed by atoms with Crippen molar-refractivity contribution in [2.75, 3.05) is 13.1 Å². The second kappa shape index (κ2) is 5.54. The summed E-state index contributed by atoms with van der Waals surface area (Å²) in [6, 6.07) is 0. The van der Waals surface area contributed by atoms with Gasteiger partial charge in [0.25, 0.3) is 0 Å². The Kier molecular flexibility index (Phi) is 4.05. The molecule has 17 heavy (non-hydrogen) atoms. The van der Waals surface area contributed by atoms with Crippen LogP contribution in [-0.4, -0.2) is 33.7 Å². The van der Waals surface area contributed by atoms with Gasteiger partial charge in [0.2, 0.25) is 5.91 Å². The maximum Gasteiger partial charge on any atom is 0.245 e. The van der Waals surface area contributed by atoms with Crippen LogP contribution in [0.2, 0.25) is 0 Å². The molecule has 0 spiro atoms. The summed E-state index contributed by atoms with van der Waals surface area (Å²) in [6.07, 6.45) is 6.92. The lowest BCUT2D eigenvalue weighted by Crippen LogP contribution is -2.37. The molecule has 0 N–H and O–H groups in total. The van der Waals surface area contributed by atoms with Gasteiger partial charge in [0.05, 0.1) is 6.20 Å². The number of likely N-dealkylation sites (tertiary alicyclic amines) is 1. The summed E-state index contributed by atoms with van der Waals surface area (Å²) in [7, 11) is 0. The molecule has 1 atom stereocenters. The third-order valence-electron chi connectivity index (χ3n) is 3.15. The molecule has 1 aliphatic rings. The molecule has 0 saturated carbocycles. The van der Waals surface area contributed by atoms with Gasteiger partial charge in [0.1, 0.15) is 5.38 Å². The van der Waals surface area contributed by atoms with Crippen LogP contribution in [0.5, 0.6) is 0 Å². The van der Waals surface area contributed by atoms with Gasteiger partial charge < -0.3 is 4.90 Å². The number of amides is 1. The molecule has 1 aliphatic heterocycles. The van der Waals surface area contributed by atoms with E-state index in [0.29, 0.717) is 0 Å². The predicted octanol–water partition coefficient (Wildman–Crippen LogP) is 2.20. The number of aryl methyl sites for hydroxylation is 1. The highest BCUT2D eigenvalue weighted by Crippen LogP contribution is 2.24. The lowest BCUT2D eigenvalue weighted by molar-refractivity contribution is -0.131. The molecular formula is C12H18ClN3O. The molecule has 1 aromatic heterocycles. The summed E-state index contributed by atoms with van der Waals surface area (Å²) < 4.78 is 1.79. The minimum absolute atomic E-state index is 0.0158. The molecule has 1 amide bonds. The summed E-state index contributed by atoms with van der Waals surface area (Å²) in [5.74, 6) is 0.0158. The molecule has 2 rings (SSSR count). The summed E-state index contributed by atoms with van der Waals surface area (Å²) in [4.78, 5) is 14.0. The van der Waals surface area contributed by atoms with Crippen LogP contribution >= 0.6 is 11.6 Å². The summed E-state index contributed by atoms with van der Waals surface area (Å²) >= 11 is 6.22. The number of carbonyl (C=O) groups excluding carboxylic acids is 1. The number of piperidine rings is 1. The number of aromatic nitrogens is 2. The number of rotatable bonds is 3. The standard InChI is InChI=1S/C12H18ClN3O/c1-2-16-9-10(8-14-16)11(13)12(17)15-6-4-3-5-7-15/h8-9,11H,2-7H2,1H3. The van der Waals surface area contributed by atoms with E-state index in [-0.39, 0.29) is 5.91 Å². The highest BCUT2D eigenvalue weighted by atomic mass is 35.5. The van der Waals surface area contributed by atoms with Crippen molar-refractivity contribution in [3.63, 3.8) is 0 Å². The maximum absolute atomic E-state index is 12.2. The van der Waals surface area contributed by atoms with Gasteiger partial charge >= 0.3 is 0 Å². The van der Waals surface area contributed by atoms with E-state index in [9.17, 15) is 4.79 Å². The van der Waals surface area contributed by atoms with Crippen LogP contribution in [0.4, 0.5) is 0 Å². The van der Waals surface area contributed by atoms with E-state index in [1.165, 1.54) is 6.42 Å². The van der Waals surface area contributed by atoms with E-state index >= 15 is 0 Å². The Morgan fingerprint density at radius 2 is 2.18 bits per heavy atom. The average molecular weight is 256 g/mol. The normalized spacial score (nSPS) is 18.1. The van der Waals surface area contributed by atoms with E-state index in [1.807, 2.05) is 18.0 Å². The molecule has 1 unspecified atom stereocenters. The molecule has 0 aliphatic carbocycles. The Bertz CT molecular complexity index is 385. The molecule has 4 nitrogen and oxygen atoms in total. The molecule has 0 bridgehead atoms. The van der Waals surface area contributed by atoms with Crippen molar-refractivity contribution in [3.8, 4) is 0 Å². The monoisotopic (exact) mass is 255 g/mol. The minimum Gasteiger partial charge on any atom is -0.341 e. The van der Waals surface area contributed by atoms with Crippen LogP contribution in [0.25, 0.3) is 0 Å². The minimum atomic E-state index is -0.589. The molecule has 5 heteroatoms. The highest BCUT2D eigenvalue weighted by molar-refractivity contribution is 6.30. The van der Waals surface area contributed by atoms with Crippen LogP contribution in [0.15, 0.2) is 12.4 Å². The second-order valence-corrected chi connectivity index (χ2v) is 4.81. The molecule has 1 saturated heterocycles. The van der Waals surface area contributed by atoms with E-state index in [2.05, 4.69) is 5.10 Å². The third-order valence-corrected chi connectivity index (χ3v) is 3.59. The van der Waals surface area contributed by atoms with Crippen molar-refractivity contribution >= 4 is 17.5 Å². The molecule has 1 aromatic rings. The van der Waals surface area contributed by atoms with Crippen molar-refractivity contribution in [3.05, 3.63) is 18.0 Å². The van der Waals surface area contributed by atoms with Crippen molar-refractivity contribution in [2.45, 2.75) is 38.1 Å². The number of nitrogens with zero attached hydrogens (tertiary/aromatic N) is 3. The summed E-state index contributed by atoms with van der Waals surface area (Å²) in [5, 5.41) is 3.56. The van der Waals surface area contributed by atoms with Gasteiger partial charge in [0.15, 0.2) is 0 Å². The lowest BCUT2D eigenvalue weighted by atomic mass is 10.1. The van der Waals surface area contributed by atoms with E-state index in [0.717, 1.165) is 38.0 Å². The summed E-state index contributed by atoms with van der Waals surface area (Å²) in [5.41, 5.74) is 0.795. The van der Waals surface area contributed by atoms with Crippen molar-refractivity contribution in [2.24, 2.45) is 0 Å². The fraction of sp³-hybridized carbons (Fsp3) is 0.667. The van der Waals surface area contributed by atoms with Crippen molar-refractivity contribution < 1.29 is 4.79 Å². The quantitative estimate of drug-likeness (QED) is 0.777. The molecule has 94 valence electrons. The van der Waals surface area contributed by atoms with Gasteiger partial charge in [-0.05, 0) is 26.2 Å². The van der Waals surface area contributed by atoms with Gasteiger partial charge in [-0.3, -0.25) is 9.48 Å². The zero-order chi connectivity index (χ0) is 12.3. The largest absolute Gasteiger partial charge is 0.341 e. The van der Waals surface area contributed by atoms with Crippen LogP contribution < -0.4 is 0 Å². The Hall–Kier alpha value is -1.03. The van der Waals surface area contributed by atoms with E-state index in [4.69, 9.17) is 11.6 Å². The Morgan fingerprint density at radius 1 is 1.47 bits per heavy atom. The van der Waals surface area contributed by atoms with Gasteiger partial charge in [0, 0.05) is 31.4 Å². The summed E-state index contributed by atoms with van der Waals surface area (Å²) in [6.45, 7) is 4.47. The number of hydrogen-bond acceptors (Lipinski definition) is 2. The Morgan fingerprint density at radius 3 is 2.76 bits per heavy atom. The van der Waals surface area contributed by atoms with Gasteiger partial charge in [-0.2, -0.15) is 5.10 Å². The first-order valence-corrected chi connectivity index (χ1v) is 6.61. The smallest absolute Gasteiger partial charge is 0.245 e. The maximum atomic E-state index is 12.2.